The van der Waals surface area contributed by atoms with Gasteiger partial charge in [-0.2, -0.15) is 4.98 Å². The summed E-state index contributed by atoms with van der Waals surface area (Å²) in [5.41, 5.74) is 3.21. The predicted octanol–water partition coefficient (Wildman–Crippen LogP) is 6.39. The van der Waals surface area contributed by atoms with Gasteiger partial charge >= 0.3 is 6.09 Å². The number of carbonyl (C=O) groups excluding carboxylic acids is 1. The van der Waals surface area contributed by atoms with Crippen LogP contribution in [0.2, 0.25) is 0 Å². The average Bonchev–Trinajstić information content (AvgIpc) is 3.34. The van der Waals surface area contributed by atoms with Crippen molar-refractivity contribution in [1.29, 1.82) is 0 Å². The molecule has 1 saturated carbocycles. The zero-order chi connectivity index (χ0) is 28.8. The quantitative estimate of drug-likeness (QED) is 0.264. The number of ether oxygens (including phenoxy) is 1. The maximum atomic E-state index is 12.7. The molecule has 0 radical (unpaired) electrons. The van der Waals surface area contributed by atoms with E-state index in [1.807, 2.05) is 112 Å². The summed E-state index contributed by atoms with van der Waals surface area (Å²) in [4.78, 5) is 22.4. The van der Waals surface area contributed by atoms with Gasteiger partial charge < -0.3 is 15.2 Å². The van der Waals surface area contributed by atoms with Crippen molar-refractivity contribution in [3.63, 3.8) is 0 Å². The normalized spacial score (nSPS) is 20.4. The largest absolute Gasteiger partial charge is 0.444 e. The number of hydrogen-bond acceptors (Lipinski definition) is 6. The monoisotopic (exact) mass is 547 g/mol. The van der Waals surface area contributed by atoms with E-state index in [1.54, 1.807) is 11.4 Å². The van der Waals surface area contributed by atoms with Gasteiger partial charge in [0, 0.05) is 35.7 Å². The molecule has 1 amide bonds. The van der Waals surface area contributed by atoms with Crippen molar-refractivity contribution in [3.8, 4) is 33.8 Å². The molecular weight excluding hydrogens is 514 g/mol. The lowest BCUT2D eigenvalue weighted by Crippen LogP contribution is -2.62. The van der Waals surface area contributed by atoms with Gasteiger partial charge in [-0.05, 0) is 38.8 Å². The Balaban J connectivity index is 1.40. The van der Waals surface area contributed by atoms with Gasteiger partial charge in [0.05, 0.1) is 16.8 Å². The molecule has 3 aromatic carbocycles. The Hall–Kier alpha value is -4.56. The van der Waals surface area contributed by atoms with Crippen LogP contribution in [0.4, 0.5) is 4.79 Å². The minimum absolute atomic E-state index is 0.389. The van der Waals surface area contributed by atoms with E-state index in [9.17, 15) is 9.90 Å². The second kappa shape index (κ2) is 9.82. The van der Waals surface area contributed by atoms with E-state index in [4.69, 9.17) is 19.8 Å². The highest BCUT2D eigenvalue weighted by Crippen LogP contribution is 2.48. The summed E-state index contributed by atoms with van der Waals surface area (Å²) in [6.07, 6.45) is 2.24. The molecule has 1 fully saturated rings. The van der Waals surface area contributed by atoms with Gasteiger partial charge in [-0.25, -0.2) is 14.3 Å². The molecule has 0 atom stereocenters. The number of rotatable bonds is 5. The van der Waals surface area contributed by atoms with E-state index in [-0.39, 0.29) is 0 Å². The summed E-state index contributed by atoms with van der Waals surface area (Å²) < 4.78 is 7.26. The van der Waals surface area contributed by atoms with Crippen LogP contribution in [-0.2, 0) is 10.3 Å². The van der Waals surface area contributed by atoms with E-state index in [2.05, 4.69) is 5.32 Å². The van der Waals surface area contributed by atoms with Crippen LogP contribution in [0.3, 0.4) is 0 Å². The Morgan fingerprint density at radius 1 is 0.878 bits per heavy atom. The summed E-state index contributed by atoms with van der Waals surface area (Å²) in [6.45, 7) is 7.27. The second-order valence-electron chi connectivity index (χ2n) is 12.1. The SMILES string of the molecule is CC(C)(C)OC(=O)N[C@]1(c2ccc(-c3nc4nc(-c5ccccc5)nn4cc3-c3ccccc3)cc2)C[C@@](C)(O)C1. The zero-order valence-electron chi connectivity index (χ0n) is 23.6. The van der Waals surface area contributed by atoms with Gasteiger partial charge in [-0.15, -0.1) is 5.10 Å². The number of amides is 1. The zero-order valence-corrected chi connectivity index (χ0v) is 23.6. The minimum Gasteiger partial charge on any atom is -0.444 e. The first-order valence-corrected chi connectivity index (χ1v) is 13.7. The van der Waals surface area contributed by atoms with Crippen LogP contribution in [-0.4, -0.2) is 42.0 Å². The summed E-state index contributed by atoms with van der Waals surface area (Å²) in [7, 11) is 0. The Morgan fingerprint density at radius 3 is 2.07 bits per heavy atom. The highest BCUT2D eigenvalue weighted by atomic mass is 16.6. The van der Waals surface area contributed by atoms with Crippen LogP contribution in [0.25, 0.3) is 39.5 Å². The molecule has 6 rings (SSSR count). The molecule has 2 aromatic heterocycles. The van der Waals surface area contributed by atoms with Gasteiger partial charge in [-0.3, -0.25) is 0 Å². The molecule has 0 bridgehead atoms. The van der Waals surface area contributed by atoms with Crippen LogP contribution >= 0.6 is 0 Å². The Kier molecular flexibility index (Phi) is 6.38. The van der Waals surface area contributed by atoms with Crippen molar-refractivity contribution >= 4 is 11.9 Å². The molecule has 8 nitrogen and oxygen atoms in total. The molecule has 41 heavy (non-hydrogen) atoms. The predicted molar refractivity (Wildman–Crippen MR) is 158 cm³/mol. The molecular formula is C33H33N5O3. The minimum atomic E-state index is -0.870. The van der Waals surface area contributed by atoms with Gasteiger partial charge in [0.2, 0.25) is 0 Å². The lowest BCUT2D eigenvalue weighted by atomic mass is 9.62. The first-order valence-electron chi connectivity index (χ1n) is 13.7. The van der Waals surface area contributed by atoms with Crippen molar-refractivity contribution in [1.82, 2.24) is 24.9 Å². The summed E-state index contributed by atoms with van der Waals surface area (Å²) >= 11 is 0. The fourth-order valence-electron chi connectivity index (χ4n) is 5.64. The third-order valence-electron chi connectivity index (χ3n) is 7.26. The van der Waals surface area contributed by atoms with Crippen molar-refractivity contribution in [3.05, 3.63) is 96.7 Å². The van der Waals surface area contributed by atoms with Gasteiger partial charge in [0.1, 0.15) is 5.60 Å². The molecule has 0 saturated heterocycles. The highest BCUT2D eigenvalue weighted by molar-refractivity contribution is 5.81. The molecule has 2 heterocycles. The summed E-state index contributed by atoms with van der Waals surface area (Å²) in [6, 6.07) is 27.9. The molecule has 1 aliphatic carbocycles. The van der Waals surface area contributed by atoms with Crippen LogP contribution in [0, 0.1) is 0 Å². The van der Waals surface area contributed by atoms with Crippen LogP contribution in [0.5, 0.6) is 0 Å². The first-order chi connectivity index (χ1) is 19.5. The number of nitrogens with zero attached hydrogens (tertiary/aromatic N) is 4. The van der Waals surface area contributed by atoms with Crippen molar-refractivity contribution < 1.29 is 14.6 Å². The van der Waals surface area contributed by atoms with Crippen molar-refractivity contribution in [2.24, 2.45) is 0 Å². The van der Waals surface area contributed by atoms with E-state index in [0.29, 0.717) is 24.4 Å². The third kappa shape index (κ3) is 5.43. The highest BCUT2D eigenvalue weighted by Gasteiger charge is 2.53. The fourth-order valence-corrected chi connectivity index (χ4v) is 5.64. The maximum absolute atomic E-state index is 12.7. The van der Waals surface area contributed by atoms with Gasteiger partial charge in [-0.1, -0.05) is 84.9 Å². The molecule has 0 spiro atoms. The van der Waals surface area contributed by atoms with Crippen LogP contribution in [0.1, 0.15) is 46.1 Å². The fraction of sp³-hybridized carbons (Fsp3) is 0.273. The number of benzene rings is 3. The number of aromatic nitrogens is 4. The maximum Gasteiger partial charge on any atom is 0.408 e. The molecule has 8 heteroatoms. The lowest BCUT2D eigenvalue weighted by Gasteiger charge is -2.52. The lowest BCUT2D eigenvalue weighted by molar-refractivity contribution is -0.0892. The van der Waals surface area contributed by atoms with Gasteiger partial charge in [0.25, 0.3) is 5.78 Å². The Labute approximate surface area is 239 Å². The van der Waals surface area contributed by atoms with Crippen LogP contribution in [0.15, 0.2) is 91.1 Å². The van der Waals surface area contributed by atoms with Gasteiger partial charge in [0.15, 0.2) is 5.82 Å². The second-order valence-corrected chi connectivity index (χ2v) is 12.1. The summed E-state index contributed by atoms with van der Waals surface area (Å²) in [5.74, 6) is 1.11. The summed E-state index contributed by atoms with van der Waals surface area (Å²) in [5, 5.41) is 18.4. The molecule has 1 aliphatic rings. The third-order valence-corrected chi connectivity index (χ3v) is 7.26. The van der Waals surface area contributed by atoms with Crippen molar-refractivity contribution in [2.75, 3.05) is 0 Å². The number of fused-ring (bicyclic) bond motifs is 1. The number of aliphatic hydroxyl groups is 1. The van der Waals surface area contributed by atoms with E-state index in [1.165, 1.54) is 0 Å². The standard InChI is InChI=1S/C33H33N5O3/c1-31(2,3)41-30(39)36-33(20-32(4,40)21-33)25-17-15-23(16-18-25)27-26(22-11-7-5-8-12-22)19-38-29(34-27)35-28(37-38)24-13-9-6-10-14-24/h5-19,40H,20-21H2,1-4H3,(H,36,39)/t32-,33-. The Morgan fingerprint density at radius 2 is 1.49 bits per heavy atom. The number of carbonyl (C=O) groups is 1. The average molecular weight is 548 g/mol. The molecule has 5 aromatic rings. The molecule has 2 N–H and O–H groups in total. The number of hydrogen-bond donors (Lipinski definition) is 2. The van der Waals surface area contributed by atoms with Crippen molar-refractivity contribution in [2.45, 2.75) is 57.3 Å². The first kappa shape index (κ1) is 26.7. The molecule has 0 unspecified atom stereocenters. The smallest absolute Gasteiger partial charge is 0.408 e. The molecule has 0 aliphatic heterocycles. The van der Waals surface area contributed by atoms with E-state index >= 15 is 0 Å². The van der Waals surface area contributed by atoms with E-state index in [0.717, 1.165) is 33.5 Å². The number of alkyl carbamates (subject to hydrolysis) is 1. The topological polar surface area (TPSA) is 102 Å². The Bertz CT molecular complexity index is 1700. The number of nitrogens with one attached hydrogen (secondary N) is 1. The van der Waals surface area contributed by atoms with Crippen LogP contribution < -0.4 is 5.32 Å². The van der Waals surface area contributed by atoms with E-state index < -0.39 is 22.8 Å². The molecule has 208 valence electrons.